The molecular formula is C87H86N6O16. The van der Waals surface area contributed by atoms with Crippen LogP contribution in [0.2, 0.25) is 0 Å². The molecule has 0 aliphatic heterocycles. The van der Waals surface area contributed by atoms with Gasteiger partial charge in [0.1, 0.15) is 97.5 Å². The van der Waals surface area contributed by atoms with Crippen molar-refractivity contribution in [2.24, 2.45) is 20.0 Å². The van der Waals surface area contributed by atoms with Gasteiger partial charge in [-0.25, -0.2) is 0 Å². The van der Waals surface area contributed by atoms with Crippen molar-refractivity contribution in [3.8, 4) is 46.0 Å². The Morgan fingerprint density at radius 3 is 0.807 bits per heavy atom. The second kappa shape index (κ2) is 40.8. The average Bonchev–Trinajstić information content (AvgIpc) is 0.852. The van der Waals surface area contributed by atoms with Crippen LogP contribution in [0.4, 0.5) is 34.1 Å². The van der Waals surface area contributed by atoms with E-state index in [1.807, 2.05) is 57.1 Å². The molecule has 0 spiro atoms. The Kier molecular flexibility index (Phi) is 29.5. The average molecular weight is 1470 g/mol. The van der Waals surface area contributed by atoms with Crippen molar-refractivity contribution < 1.29 is 77.5 Å². The Balaban J connectivity index is 0.645. The summed E-state index contributed by atoms with van der Waals surface area (Å²) in [6.45, 7) is 4.36. The number of hydrogen-bond acceptors (Lipinski definition) is 22. The quantitative estimate of drug-likeness (QED) is 0.0121. The maximum absolute atomic E-state index is 12.7. The predicted molar refractivity (Wildman–Crippen MR) is 421 cm³/mol. The highest BCUT2D eigenvalue weighted by Gasteiger charge is 2.20. The fourth-order valence-corrected chi connectivity index (χ4v) is 10.4. The van der Waals surface area contributed by atoms with Crippen molar-refractivity contribution >= 4 is 82.9 Å². The number of anilines is 2. The molecule has 4 unspecified atom stereocenters. The van der Waals surface area contributed by atoms with Gasteiger partial charge in [0.15, 0.2) is 0 Å². The number of aliphatic imine (C=N–C) groups is 4. The largest absolute Gasteiger partial charge is 0.491 e. The molecule has 0 aliphatic carbocycles. The number of aliphatic hydroxyl groups excluding tert-OH is 4. The molecule has 560 valence electrons. The topological polar surface area (TPSA) is 279 Å². The number of aliphatic hydroxyl groups is 4. The number of nitrogens with zero attached hydrogens (tertiary/aromatic N) is 6. The lowest BCUT2D eigenvalue weighted by Crippen LogP contribution is -2.41. The van der Waals surface area contributed by atoms with E-state index in [9.17, 15) is 39.6 Å². The molecule has 22 heteroatoms. The summed E-state index contributed by atoms with van der Waals surface area (Å²) < 4.78 is 44.8. The third-order valence-corrected chi connectivity index (χ3v) is 16.6. The number of hydrogen-bond donors (Lipinski definition) is 4. The first-order valence-electron chi connectivity index (χ1n) is 35.5. The second-order valence-corrected chi connectivity index (χ2v) is 25.5. The number of esters is 4. The van der Waals surface area contributed by atoms with E-state index in [2.05, 4.69) is 49.1 Å². The summed E-state index contributed by atoms with van der Waals surface area (Å²) in [4.78, 5) is 72.6. The second-order valence-electron chi connectivity index (χ2n) is 25.5. The smallest absolute Gasteiger partial charge is 0.322 e. The van der Waals surface area contributed by atoms with Gasteiger partial charge in [-0.2, -0.15) is 0 Å². The first-order chi connectivity index (χ1) is 52.9. The zero-order valence-electron chi connectivity index (χ0n) is 60.9. The Bertz CT molecular complexity index is 4390. The van der Waals surface area contributed by atoms with Crippen LogP contribution in [0.15, 0.2) is 263 Å². The molecule has 4 N–H and O–H groups in total. The summed E-state index contributed by atoms with van der Waals surface area (Å²) in [5.74, 6) is 0.146. The molecule has 0 saturated heterocycles. The van der Waals surface area contributed by atoms with Gasteiger partial charge in [0.05, 0.1) is 35.0 Å². The molecule has 0 aromatic heterocycles. The Morgan fingerprint density at radius 2 is 0.560 bits per heavy atom. The van der Waals surface area contributed by atoms with Gasteiger partial charge in [-0.1, -0.05) is 38.1 Å². The van der Waals surface area contributed by atoms with E-state index in [0.717, 1.165) is 51.2 Å². The third kappa shape index (κ3) is 27.1. The SMILES string of the molecule is CCC(O)COc1ccc(N=Cc2ccc(OC(=O)CC(=O)Oc3ccc(C=Nc4ccc(OCC(O)CN(CC(O)COc5ccc(N=Cc6ccc(OC(=O)CC(=O)Oc7ccc(C=Nc8ccc(OCC(O)CC)cc8)cc7)cc6)cc5)c5ccc(Cc6ccc(N(C)C)cc6)cc5)cc4)cc3)cc2)cc1. The minimum atomic E-state index is -0.971. The molecule has 4 atom stereocenters. The van der Waals surface area contributed by atoms with Crippen LogP contribution in [-0.2, 0) is 25.6 Å². The molecule has 10 aromatic carbocycles. The monoisotopic (exact) mass is 1470 g/mol. The van der Waals surface area contributed by atoms with Crippen molar-refractivity contribution in [2.45, 2.75) is 70.4 Å². The van der Waals surface area contributed by atoms with E-state index in [1.165, 1.54) is 0 Å². The van der Waals surface area contributed by atoms with Crippen LogP contribution in [0.1, 0.15) is 72.9 Å². The van der Waals surface area contributed by atoms with Crippen LogP contribution in [0.5, 0.6) is 46.0 Å². The van der Waals surface area contributed by atoms with Crippen molar-refractivity contribution in [3.63, 3.8) is 0 Å². The molecule has 0 amide bonds. The Labute approximate surface area is 633 Å². The number of benzene rings is 10. The molecule has 0 radical (unpaired) electrons. The number of carbonyl (C=O) groups excluding carboxylic acids is 4. The Hall–Kier alpha value is -12.6. The molecule has 0 bridgehead atoms. The Morgan fingerprint density at radius 1 is 0.321 bits per heavy atom. The highest BCUT2D eigenvalue weighted by atomic mass is 16.6. The molecule has 0 heterocycles. The zero-order chi connectivity index (χ0) is 76.7. The molecule has 0 saturated carbocycles. The molecule has 22 nitrogen and oxygen atoms in total. The summed E-state index contributed by atoms with van der Waals surface area (Å²) >= 11 is 0. The molecule has 10 aromatic rings. The zero-order valence-corrected chi connectivity index (χ0v) is 60.9. The maximum atomic E-state index is 12.7. The highest BCUT2D eigenvalue weighted by molar-refractivity contribution is 5.94. The lowest BCUT2D eigenvalue weighted by atomic mass is 10.0. The van der Waals surface area contributed by atoms with Gasteiger partial charge in [-0.05, 0) is 271 Å². The number of ether oxygens (including phenoxy) is 8. The predicted octanol–water partition coefficient (Wildman–Crippen LogP) is 14.1. The number of rotatable bonds is 38. The van der Waals surface area contributed by atoms with Crippen LogP contribution in [0, 0.1) is 0 Å². The van der Waals surface area contributed by atoms with Gasteiger partial charge in [-0.3, -0.25) is 39.1 Å². The van der Waals surface area contributed by atoms with Crippen LogP contribution < -0.4 is 47.7 Å². The fourth-order valence-electron chi connectivity index (χ4n) is 10.4. The fraction of sp³-hybridized carbons (Fsp3) is 0.218. The highest BCUT2D eigenvalue weighted by Crippen LogP contribution is 2.27. The van der Waals surface area contributed by atoms with Crippen LogP contribution in [0.25, 0.3) is 0 Å². The van der Waals surface area contributed by atoms with Crippen LogP contribution in [0.3, 0.4) is 0 Å². The maximum Gasteiger partial charge on any atom is 0.322 e. The molecule has 10 rings (SSSR count). The number of carbonyl (C=O) groups is 4. The summed E-state index contributed by atoms with van der Waals surface area (Å²) in [5.41, 5.74) is 9.79. The molecular weight excluding hydrogens is 1380 g/mol. The van der Waals surface area contributed by atoms with Gasteiger partial charge in [0, 0.05) is 63.4 Å². The standard InChI is InChI=1S/C87H86N6O16/c1-5-72(94)56-102-76-39-19-66(20-40-76)88-50-62-11-31-80(32-12-62)106-84(98)48-86(100)108-82-35-15-64(16-36-82)52-90-68-23-43-78(44-24-68)104-58-74(96)54-93(71-29-9-61(10-30-71)47-60-7-27-70(28-8-60)92(3)4)55-75(97)59-105-79-45-25-69(26-46-79)91-53-65-17-37-83(38-18-65)109-87(101)49-85(99)107-81-33-13-63(14-34-81)51-89-67-21-41-77(42-22-67)103-57-73(95)6-2/h7-46,50-53,72-75,94-97H,5-6,47-49,54-59H2,1-4H3. The van der Waals surface area contributed by atoms with Gasteiger partial charge >= 0.3 is 23.9 Å². The van der Waals surface area contributed by atoms with Crippen LogP contribution >= 0.6 is 0 Å². The lowest BCUT2D eigenvalue weighted by Gasteiger charge is -2.29. The van der Waals surface area contributed by atoms with Crippen molar-refractivity contribution in [3.05, 3.63) is 276 Å². The van der Waals surface area contributed by atoms with Crippen LogP contribution in [-0.4, -0.2) is 147 Å². The van der Waals surface area contributed by atoms with Gasteiger partial charge in [-0.15, -0.1) is 0 Å². The molecule has 0 fully saturated rings. The van der Waals surface area contributed by atoms with E-state index in [1.54, 1.807) is 219 Å². The van der Waals surface area contributed by atoms with Gasteiger partial charge in [0.2, 0.25) is 0 Å². The van der Waals surface area contributed by atoms with Gasteiger partial charge < -0.3 is 68.1 Å². The molecule has 109 heavy (non-hydrogen) atoms. The summed E-state index contributed by atoms with van der Waals surface area (Å²) in [6.07, 6.45) is 4.36. The first kappa shape index (κ1) is 79.0. The molecule has 0 aliphatic rings. The van der Waals surface area contributed by atoms with Crippen molar-refractivity contribution in [2.75, 3.05) is 63.4 Å². The minimum absolute atomic E-state index is 0.0489. The first-order valence-corrected chi connectivity index (χ1v) is 35.5. The summed E-state index contributed by atoms with van der Waals surface area (Å²) in [6, 6.07) is 71.4. The van der Waals surface area contributed by atoms with E-state index >= 15 is 0 Å². The van der Waals surface area contributed by atoms with Crippen molar-refractivity contribution in [1.29, 1.82) is 0 Å². The summed E-state index contributed by atoms with van der Waals surface area (Å²) in [5, 5.41) is 42.4. The summed E-state index contributed by atoms with van der Waals surface area (Å²) in [7, 11) is 4.01. The van der Waals surface area contributed by atoms with E-state index < -0.39 is 61.1 Å². The van der Waals surface area contributed by atoms with Gasteiger partial charge in [0.25, 0.3) is 0 Å². The van der Waals surface area contributed by atoms with E-state index in [0.29, 0.717) is 58.6 Å². The lowest BCUT2D eigenvalue weighted by molar-refractivity contribution is -0.146. The van der Waals surface area contributed by atoms with Crippen molar-refractivity contribution in [1.82, 2.24) is 0 Å². The van der Waals surface area contributed by atoms with E-state index in [4.69, 9.17) is 37.9 Å². The third-order valence-electron chi connectivity index (χ3n) is 16.6. The minimum Gasteiger partial charge on any atom is -0.491 e. The van der Waals surface area contributed by atoms with E-state index in [-0.39, 0.29) is 62.5 Å². The normalized spacial score (nSPS) is 12.5.